The van der Waals surface area contributed by atoms with Crippen LogP contribution in [0.1, 0.15) is 52.2 Å². The van der Waals surface area contributed by atoms with Crippen molar-refractivity contribution in [2.45, 2.75) is 37.6 Å². The van der Waals surface area contributed by atoms with Gasteiger partial charge in [0.05, 0.1) is 42.2 Å². The van der Waals surface area contributed by atoms with Gasteiger partial charge < -0.3 is 15.8 Å². The number of amides is 1. The first-order valence-corrected chi connectivity index (χ1v) is 15.5. The van der Waals surface area contributed by atoms with Crippen molar-refractivity contribution in [3.63, 3.8) is 0 Å². The molecule has 0 atom stereocenters. The second-order valence-electron chi connectivity index (χ2n) is 11.2. The standard InChI is InChI=1S/C33H34N6O2S/c34-26-5-1-2-6-27(26)36-31(40)24-7-9-25(10-8-24)33(12-3-4-13-33)32-37-28(22-42-32)29-20-35-30-19-23(11-14-39(29)30)21-38-15-17-41-18-16-38/h1-2,5-11,14,19-20,22H,3-4,12-13,15-18,21,34H2,(H,36,40). The molecule has 2 fully saturated rings. The summed E-state index contributed by atoms with van der Waals surface area (Å²) in [5.74, 6) is -0.169. The first-order chi connectivity index (χ1) is 20.6. The smallest absolute Gasteiger partial charge is 0.255 e. The van der Waals surface area contributed by atoms with Gasteiger partial charge in [0.2, 0.25) is 0 Å². The largest absolute Gasteiger partial charge is 0.397 e. The van der Waals surface area contributed by atoms with Gasteiger partial charge in [0.1, 0.15) is 10.7 Å². The number of carbonyl (C=O) groups is 1. The zero-order chi connectivity index (χ0) is 28.5. The fourth-order valence-corrected chi connectivity index (χ4v) is 7.39. The summed E-state index contributed by atoms with van der Waals surface area (Å²) in [5, 5.41) is 6.21. The highest BCUT2D eigenvalue weighted by molar-refractivity contribution is 7.10. The molecule has 2 aliphatic rings. The zero-order valence-corrected chi connectivity index (χ0v) is 24.3. The summed E-state index contributed by atoms with van der Waals surface area (Å²) in [4.78, 5) is 25.3. The fourth-order valence-electron chi connectivity index (χ4n) is 6.29. The molecule has 1 aliphatic carbocycles. The van der Waals surface area contributed by atoms with Crippen LogP contribution < -0.4 is 11.1 Å². The number of hydrogen-bond donors (Lipinski definition) is 2. The minimum Gasteiger partial charge on any atom is -0.397 e. The normalized spacial score (nSPS) is 17.0. The number of nitrogens with zero attached hydrogens (tertiary/aromatic N) is 4. The van der Waals surface area contributed by atoms with Crippen LogP contribution in [-0.2, 0) is 16.7 Å². The predicted molar refractivity (Wildman–Crippen MR) is 167 cm³/mol. The van der Waals surface area contributed by atoms with E-state index in [2.05, 4.69) is 50.5 Å². The molecule has 9 heteroatoms. The summed E-state index contributed by atoms with van der Waals surface area (Å²) < 4.78 is 7.62. The van der Waals surface area contributed by atoms with E-state index in [9.17, 15) is 4.79 Å². The highest BCUT2D eigenvalue weighted by atomic mass is 32.1. The topological polar surface area (TPSA) is 97.8 Å². The molecule has 1 saturated heterocycles. The fraction of sp³-hybridized carbons (Fsp3) is 0.303. The average Bonchev–Trinajstić information content (AvgIpc) is 3.79. The lowest BCUT2D eigenvalue weighted by Crippen LogP contribution is -2.35. The number of nitrogens with one attached hydrogen (secondary N) is 1. The summed E-state index contributed by atoms with van der Waals surface area (Å²) in [6.45, 7) is 4.44. The number of nitrogens with two attached hydrogens (primary N) is 1. The lowest BCUT2D eigenvalue weighted by molar-refractivity contribution is 0.0342. The number of hydrogen-bond acceptors (Lipinski definition) is 7. The molecule has 214 valence electrons. The third-order valence-corrected chi connectivity index (χ3v) is 9.68. The summed E-state index contributed by atoms with van der Waals surface area (Å²) in [5.41, 5.74) is 13.0. The van der Waals surface area contributed by atoms with Crippen molar-refractivity contribution in [3.05, 3.63) is 100 Å². The van der Waals surface area contributed by atoms with Gasteiger partial charge in [0.15, 0.2) is 0 Å². The van der Waals surface area contributed by atoms with Crippen LogP contribution in [0.25, 0.3) is 17.0 Å². The number of pyridine rings is 1. The van der Waals surface area contributed by atoms with Crippen LogP contribution >= 0.6 is 11.3 Å². The number of anilines is 2. The zero-order valence-electron chi connectivity index (χ0n) is 23.5. The Hall–Kier alpha value is -4.05. The molecule has 0 bridgehead atoms. The number of rotatable bonds is 7. The van der Waals surface area contributed by atoms with E-state index in [1.807, 2.05) is 36.5 Å². The molecule has 4 heterocycles. The summed E-state index contributed by atoms with van der Waals surface area (Å²) >= 11 is 1.72. The SMILES string of the molecule is Nc1ccccc1NC(=O)c1ccc(C2(c3nc(-c4cnc5cc(CN6CCOCC6)ccn45)cs3)CCCC2)cc1. The number of morpholine rings is 1. The molecule has 8 nitrogen and oxygen atoms in total. The van der Waals surface area contributed by atoms with E-state index in [1.165, 1.54) is 11.1 Å². The summed E-state index contributed by atoms with van der Waals surface area (Å²) in [6.07, 6.45) is 8.46. The highest BCUT2D eigenvalue weighted by Gasteiger charge is 2.40. The third-order valence-electron chi connectivity index (χ3n) is 8.63. The Labute approximate surface area is 249 Å². The maximum absolute atomic E-state index is 12.9. The monoisotopic (exact) mass is 578 g/mol. The number of aromatic nitrogens is 3. The van der Waals surface area contributed by atoms with Crippen molar-refractivity contribution in [1.82, 2.24) is 19.3 Å². The van der Waals surface area contributed by atoms with Crippen molar-refractivity contribution in [1.29, 1.82) is 0 Å². The van der Waals surface area contributed by atoms with Crippen molar-refractivity contribution < 1.29 is 9.53 Å². The van der Waals surface area contributed by atoms with Gasteiger partial charge in [-0.15, -0.1) is 11.3 Å². The lowest BCUT2D eigenvalue weighted by Gasteiger charge is -2.27. The maximum atomic E-state index is 12.9. The molecule has 1 aliphatic heterocycles. The maximum Gasteiger partial charge on any atom is 0.255 e. The van der Waals surface area contributed by atoms with Crippen molar-refractivity contribution in [3.8, 4) is 11.4 Å². The van der Waals surface area contributed by atoms with Crippen LogP contribution in [0.3, 0.4) is 0 Å². The van der Waals surface area contributed by atoms with Crippen molar-refractivity contribution in [2.75, 3.05) is 37.4 Å². The Morgan fingerprint density at radius 1 is 1.05 bits per heavy atom. The van der Waals surface area contributed by atoms with E-state index in [-0.39, 0.29) is 11.3 Å². The molecule has 2 aromatic carbocycles. The second-order valence-corrected chi connectivity index (χ2v) is 12.1. The number of carbonyl (C=O) groups excluding carboxylic acids is 1. The van der Waals surface area contributed by atoms with E-state index in [0.717, 1.165) is 80.6 Å². The first-order valence-electron chi connectivity index (χ1n) is 14.6. The Morgan fingerprint density at radius 3 is 2.62 bits per heavy atom. The molecule has 5 aromatic rings. The molecular formula is C33H34N6O2S. The van der Waals surface area contributed by atoms with Gasteiger partial charge >= 0.3 is 0 Å². The molecule has 7 rings (SSSR count). The molecule has 3 N–H and O–H groups in total. The van der Waals surface area contributed by atoms with E-state index in [1.54, 1.807) is 17.4 Å². The average molecular weight is 579 g/mol. The van der Waals surface area contributed by atoms with Crippen LogP contribution in [0.5, 0.6) is 0 Å². The Balaban J connectivity index is 1.12. The van der Waals surface area contributed by atoms with Gasteiger partial charge in [-0.25, -0.2) is 9.97 Å². The van der Waals surface area contributed by atoms with Crippen molar-refractivity contribution in [2.24, 2.45) is 0 Å². The predicted octanol–water partition coefficient (Wildman–Crippen LogP) is 5.98. The number of benzene rings is 2. The molecule has 42 heavy (non-hydrogen) atoms. The van der Waals surface area contributed by atoms with E-state index >= 15 is 0 Å². The number of para-hydroxylation sites is 2. The Kier molecular flexibility index (Phi) is 7.23. The number of nitrogen functional groups attached to an aromatic ring is 1. The van der Waals surface area contributed by atoms with Gasteiger partial charge in [0.25, 0.3) is 5.91 Å². The number of imidazole rings is 1. The van der Waals surface area contributed by atoms with Gasteiger partial charge in [-0.1, -0.05) is 37.1 Å². The minimum atomic E-state index is -0.169. The van der Waals surface area contributed by atoms with E-state index < -0.39 is 0 Å². The quantitative estimate of drug-likeness (QED) is 0.231. The third kappa shape index (κ3) is 5.08. The number of thiazole rings is 1. The summed E-state index contributed by atoms with van der Waals surface area (Å²) in [6, 6.07) is 19.7. The molecule has 3 aromatic heterocycles. The number of fused-ring (bicyclic) bond motifs is 1. The molecule has 0 unspecified atom stereocenters. The summed E-state index contributed by atoms with van der Waals surface area (Å²) in [7, 11) is 0. The molecular weight excluding hydrogens is 544 g/mol. The van der Waals surface area contributed by atoms with Crippen LogP contribution in [0.15, 0.2) is 78.4 Å². The van der Waals surface area contributed by atoms with Crippen LogP contribution in [0.2, 0.25) is 0 Å². The van der Waals surface area contributed by atoms with Gasteiger partial charge in [-0.3, -0.25) is 14.1 Å². The highest BCUT2D eigenvalue weighted by Crippen LogP contribution is 2.48. The van der Waals surface area contributed by atoms with Gasteiger partial charge in [0, 0.05) is 42.2 Å². The first kappa shape index (κ1) is 26.8. The Morgan fingerprint density at radius 2 is 1.83 bits per heavy atom. The van der Waals surface area contributed by atoms with Crippen LogP contribution in [0, 0.1) is 0 Å². The molecule has 1 amide bonds. The van der Waals surface area contributed by atoms with Crippen LogP contribution in [0.4, 0.5) is 11.4 Å². The van der Waals surface area contributed by atoms with Crippen LogP contribution in [-0.4, -0.2) is 51.5 Å². The van der Waals surface area contributed by atoms with Crippen molar-refractivity contribution >= 4 is 34.3 Å². The Bertz CT molecular complexity index is 1710. The van der Waals surface area contributed by atoms with E-state index in [0.29, 0.717) is 16.9 Å². The molecule has 1 saturated carbocycles. The number of ether oxygens (including phenoxy) is 1. The second kappa shape index (κ2) is 11.3. The lowest BCUT2D eigenvalue weighted by atomic mass is 9.79. The minimum absolute atomic E-state index is 0.145. The molecule has 0 radical (unpaired) electrons. The van der Waals surface area contributed by atoms with Gasteiger partial charge in [-0.2, -0.15) is 0 Å². The van der Waals surface area contributed by atoms with E-state index in [4.69, 9.17) is 20.4 Å². The molecule has 0 spiro atoms. The van der Waals surface area contributed by atoms with Gasteiger partial charge in [-0.05, 0) is 60.4 Å².